The number of hydrogen-bond acceptors (Lipinski definition) is 2. The number of benzene rings is 1. The third-order valence-corrected chi connectivity index (χ3v) is 3.50. The highest BCUT2D eigenvalue weighted by atomic mass is 79.9. The van der Waals surface area contributed by atoms with Gasteiger partial charge in [0.05, 0.1) is 6.04 Å². The van der Waals surface area contributed by atoms with Crippen molar-refractivity contribution in [2.45, 2.75) is 39.3 Å². The maximum atomic E-state index is 11.8. The standard InChI is InChI=1S/C14H21BrN2O/c1-9(2)13(16)8-14(18)17-10(3)11-5-4-6-12(15)7-11/h4-7,9-10,13H,8,16H2,1-3H3,(H,17,18)/t10-,13?/m1/s1. The monoisotopic (exact) mass is 312 g/mol. The van der Waals surface area contributed by atoms with E-state index in [2.05, 4.69) is 21.2 Å². The molecule has 0 saturated carbocycles. The molecule has 1 aromatic rings. The van der Waals surface area contributed by atoms with Crippen molar-refractivity contribution < 1.29 is 4.79 Å². The summed E-state index contributed by atoms with van der Waals surface area (Å²) in [5.41, 5.74) is 6.97. The number of nitrogens with two attached hydrogens (primary N) is 1. The van der Waals surface area contributed by atoms with Crippen LogP contribution >= 0.6 is 15.9 Å². The van der Waals surface area contributed by atoms with Crippen LogP contribution in [0.25, 0.3) is 0 Å². The lowest BCUT2D eigenvalue weighted by Crippen LogP contribution is -2.35. The predicted octanol–water partition coefficient (Wildman–Crippen LogP) is 3.00. The number of rotatable bonds is 5. The quantitative estimate of drug-likeness (QED) is 0.878. The first-order chi connectivity index (χ1) is 8.40. The summed E-state index contributed by atoms with van der Waals surface area (Å²) >= 11 is 3.42. The van der Waals surface area contributed by atoms with Crippen LogP contribution in [-0.2, 0) is 4.79 Å². The summed E-state index contributed by atoms with van der Waals surface area (Å²) in [6, 6.07) is 7.84. The van der Waals surface area contributed by atoms with E-state index in [0.717, 1.165) is 10.0 Å². The zero-order valence-electron chi connectivity index (χ0n) is 11.1. The van der Waals surface area contributed by atoms with Gasteiger partial charge in [0.15, 0.2) is 0 Å². The Hall–Kier alpha value is -0.870. The molecule has 0 fully saturated rings. The van der Waals surface area contributed by atoms with Gasteiger partial charge in [0.2, 0.25) is 5.91 Å². The second-order valence-corrected chi connectivity index (χ2v) is 5.87. The van der Waals surface area contributed by atoms with Gasteiger partial charge in [-0.3, -0.25) is 4.79 Å². The summed E-state index contributed by atoms with van der Waals surface area (Å²) in [7, 11) is 0. The first-order valence-electron chi connectivity index (χ1n) is 6.20. The van der Waals surface area contributed by atoms with Gasteiger partial charge in [0, 0.05) is 16.9 Å². The van der Waals surface area contributed by atoms with Crippen LogP contribution in [0, 0.1) is 5.92 Å². The van der Waals surface area contributed by atoms with Gasteiger partial charge in [0.1, 0.15) is 0 Å². The van der Waals surface area contributed by atoms with Crippen molar-refractivity contribution in [2.75, 3.05) is 0 Å². The summed E-state index contributed by atoms with van der Waals surface area (Å²) < 4.78 is 1.01. The molecule has 1 rings (SSSR count). The Labute approximate surface area is 117 Å². The second-order valence-electron chi connectivity index (χ2n) is 4.96. The molecule has 0 saturated heterocycles. The zero-order valence-corrected chi connectivity index (χ0v) is 12.7. The molecule has 0 aliphatic carbocycles. The fraction of sp³-hybridized carbons (Fsp3) is 0.500. The Morgan fingerprint density at radius 3 is 2.61 bits per heavy atom. The average Bonchev–Trinajstić information content (AvgIpc) is 2.28. The van der Waals surface area contributed by atoms with Crippen molar-refractivity contribution in [3.05, 3.63) is 34.3 Å². The summed E-state index contributed by atoms with van der Waals surface area (Å²) in [6.45, 7) is 6.02. The van der Waals surface area contributed by atoms with E-state index < -0.39 is 0 Å². The molecule has 3 nitrogen and oxygen atoms in total. The van der Waals surface area contributed by atoms with Crippen LogP contribution in [0.15, 0.2) is 28.7 Å². The lowest BCUT2D eigenvalue weighted by atomic mass is 10.0. The first-order valence-corrected chi connectivity index (χ1v) is 7.00. The van der Waals surface area contributed by atoms with Crippen LogP contribution in [0.2, 0.25) is 0 Å². The fourth-order valence-corrected chi connectivity index (χ4v) is 2.03. The SMILES string of the molecule is CC(C)C(N)CC(=O)N[C@H](C)c1cccc(Br)c1. The van der Waals surface area contributed by atoms with Gasteiger partial charge in [-0.15, -0.1) is 0 Å². The molecule has 0 radical (unpaired) electrons. The van der Waals surface area contributed by atoms with Crippen LogP contribution in [0.4, 0.5) is 0 Å². The lowest BCUT2D eigenvalue weighted by Gasteiger charge is -2.18. The number of nitrogens with one attached hydrogen (secondary N) is 1. The van der Waals surface area contributed by atoms with Gasteiger partial charge in [-0.2, -0.15) is 0 Å². The van der Waals surface area contributed by atoms with Crippen LogP contribution in [0.3, 0.4) is 0 Å². The zero-order chi connectivity index (χ0) is 13.7. The minimum absolute atomic E-state index is 0.00340. The molecular formula is C14H21BrN2O. The largest absolute Gasteiger partial charge is 0.350 e. The summed E-state index contributed by atoms with van der Waals surface area (Å²) in [5.74, 6) is 0.320. The van der Waals surface area contributed by atoms with E-state index in [0.29, 0.717) is 12.3 Å². The van der Waals surface area contributed by atoms with Crippen molar-refractivity contribution in [3.8, 4) is 0 Å². The van der Waals surface area contributed by atoms with Crippen molar-refractivity contribution in [1.29, 1.82) is 0 Å². The molecule has 0 aliphatic rings. The number of carbonyl (C=O) groups excluding carboxylic acids is 1. The first kappa shape index (κ1) is 15.2. The maximum absolute atomic E-state index is 11.8. The van der Waals surface area contributed by atoms with Gasteiger partial charge in [-0.1, -0.05) is 41.9 Å². The molecule has 0 heterocycles. The van der Waals surface area contributed by atoms with Crippen molar-refractivity contribution in [3.63, 3.8) is 0 Å². The minimum Gasteiger partial charge on any atom is -0.350 e. The lowest BCUT2D eigenvalue weighted by molar-refractivity contribution is -0.122. The average molecular weight is 313 g/mol. The molecule has 4 heteroatoms. The fourth-order valence-electron chi connectivity index (χ4n) is 1.61. The molecule has 1 amide bonds. The van der Waals surface area contributed by atoms with Gasteiger partial charge < -0.3 is 11.1 Å². The van der Waals surface area contributed by atoms with Crippen molar-refractivity contribution in [2.24, 2.45) is 11.7 Å². The number of hydrogen-bond donors (Lipinski definition) is 2. The van der Waals surface area contributed by atoms with Gasteiger partial charge in [-0.05, 0) is 30.5 Å². The van der Waals surface area contributed by atoms with Gasteiger partial charge in [-0.25, -0.2) is 0 Å². The van der Waals surface area contributed by atoms with Crippen molar-refractivity contribution >= 4 is 21.8 Å². The Morgan fingerprint density at radius 1 is 1.39 bits per heavy atom. The molecule has 100 valence electrons. The molecule has 18 heavy (non-hydrogen) atoms. The van der Waals surface area contributed by atoms with E-state index in [-0.39, 0.29) is 18.0 Å². The number of amides is 1. The molecule has 0 bridgehead atoms. The number of halogens is 1. The van der Waals surface area contributed by atoms with E-state index >= 15 is 0 Å². The summed E-state index contributed by atoms with van der Waals surface area (Å²) in [4.78, 5) is 11.8. The third-order valence-electron chi connectivity index (χ3n) is 3.00. The van der Waals surface area contributed by atoms with Gasteiger partial charge in [0.25, 0.3) is 0 Å². The molecule has 2 atom stereocenters. The normalized spacial score (nSPS) is 14.3. The maximum Gasteiger partial charge on any atom is 0.222 e. The molecule has 0 spiro atoms. The van der Waals surface area contributed by atoms with E-state index in [9.17, 15) is 4.79 Å². The number of carbonyl (C=O) groups is 1. The highest BCUT2D eigenvalue weighted by molar-refractivity contribution is 9.10. The van der Waals surface area contributed by atoms with E-state index in [1.165, 1.54) is 0 Å². The highest BCUT2D eigenvalue weighted by Crippen LogP contribution is 2.18. The van der Waals surface area contributed by atoms with E-state index in [1.54, 1.807) is 0 Å². The Balaban J connectivity index is 2.54. The summed E-state index contributed by atoms with van der Waals surface area (Å²) in [6.07, 6.45) is 0.371. The van der Waals surface area contributed by atoms with E-state index in [4.69, 9.17) is 5.73 Å². The molecule has 1 aromatic carbocycles. The van der Waals surface area contributed by atoms with Crippen LogP contribution in [0.1, 0.15) is 38.8 Å². The van der Waals surface area contributed by atoms with Crippen molar-refractivity contribution in [1.82, 2.24) is 5.32 Å². The summed E-state index contributed by atoms with van der Waals surface area (Å²) in [5, 5.41) is 2.97. The van der Waals surface area contributed by atoms with Crippen LogP contribution in [0.5, 0.6) is 0 Å². The molecular weight excluding hydrogens is 292 g/mol. The van der Waals surface area contributed by atoms with Gasteiger partial charge >= 0.3 is 0 Å². The predicted molar refractivity (Wildman–Crippen MR) is 78.1 cm³/mol. The van der Waals surface area contributed by atoms with Crippen LogP contribution in [-0.4, -0.2) is 11.9 Å². The molecule has 3 N–H and O–H groups in total. The topological polar surface area (TPSA) is 55.1 Å². The van der Waals surface area contributed by atoms with E-state index in [1.807, 2.05) is 45.0 Å². The molecule has 1 unspecified atom stereocenters. The third kappa shape index (κ3) is 4.78. The Morgan fingerprint density at radius 2 is 2.06 bits per heavy atom. The van der Waals surface area contributed by atoms with Crippen LogP contribution < -0.4 is 11.1 Å². The Bertz CT molecular complexity index is 407. The Kier molecular flexibility index (Phi) is 5.82. The second kappa shape index (κ2) is 6.90. The molecule has 0 aliphatic heterocycles. The highest BCUT2D eigenvalue weighted by Gasteiger charge is 2.15. The molecule has 0 aromatic heterocycles. The smallest absolute Gasteiger partial charge is 0.222 e. The minimum atomic E-state index is -0.0836.